The third-order valence-electron chi connectivity index (χ3n) is 6.67. The summed E-state index contributed by atoms with van der Waals surface area (Å²) < 4.78 is 75.1. The van der Waals surface area contributed by atoms with E-state index in [2.05, 4.69) is 0 Å². The Labute approximate surface area is 203 Å². The van der Waals surface area contributed by atoms with Crippen molar-refractivity contribution >= 4 is 15.9 Å². The Morgan fingerprint density at radius 2 is 1.66 bits per heavy atom. The zero-order valence-electron chi connectivity index (χ0n) is 19.5. The molecule has 0 bridgehead atoms. The summed E-state index contributed by atoms with van der Waals surface area (Å²) in [6.45, 7) is 0.547. The first-order valence-electron chi connectivity index (χ1n) is 11.8. The minimum atomic E-state index is -4.65. The van der Waals surface area contributed by atoms with E-state index >= 15 is 0 Å². The third kappa shape index (κ3) is 5.48. The maximum absolute atomic E-state index is 13.7. The van der Waals surface area contributed by atoms with Crippen LogP contribution in [-0.4, -0.2) is 55.8 Å². The largest absolute Gasteiger partial charge is 0.488 e. The first-order chi connectivity index (χ1) is 16.6. The summed E-state index contributed by atoms with van der Waals surface area (Å²) >= 11 is 0. The van der Waals surface area contributed by atoms with Gasteiger partial charge in [0, 0.05) is 20.1 Å². The van der Waals surface area contributed by atoms with E-state index in [4.69, 9.17) is 4.74 Å². The average Bonchev–Trinajstić information content (AvgIpc) is 2.83. The fourth-order valence-corrected chi connectivity index (χ4v) is 6.57. The van der Waals surface area contributed by atoms with Gasteiger partial charge < -0.3 is 9.64 Å². The molecule has 0 spiro atoms. The summed E-state index contributed by atoms with van der Waals surface area (Å²) in [7, 11) is -2.55. The fraction of sp³-hybridized carbons (Fsp3) is 0.480. The minimum Gasteiger partial charge on any atom is -0.488 e. The van der Waals surface area contributed by atoms with Crippen LogP contribution in [0.3, 0.4) is 0 Å². The van der Waals surface area contributed by atoms with E-state index in [1.54, 1.807) is 36.2 Å². The Morgan fingerprint density at radius 1 is 0.943 bits per heavy atom. The number of fused-ring (bicyclic) bond motifs is 2. The van der Waals surface area contributed by atoms with Crippen molar-refractivity contribution in [3.8, 4) is 5.75 Å². The van der Waals surface area contributed by atoms with E-state index in [9.17, 15) is 26.4 Å². The number of carbonyl (C=O) groups is 1. The smallest absolute Gasteiger partial charge is 0.416 e. The van der Waals surface area contributed by atoms with Gasteiger partial charge in [-0.3, -0.25) is 4.79 Å². The molecule has 2 atom stereocenters. The predicted molar refractivity (Wildman–Crippen MR) is 125 cm³/mol. The van der Waals surface area contributed by atoms with E-state index < -0.39 is 33.9 Å². The number of halogens is 3. The van der Waals surface area contributed by atoms with Crippen LogP contribution in [0.4, 0.5) is 13.2 Å². The lowest BCUT2D eigenvalue weighted by atomic mass is 9.92. The molecule has 0 radical (unpaired) electrons. The zero-order chi connectivity index (χ0) is 25.2. The number of ether oxygens (including phenoxy) is 1. The number of amides is 1. The number of hydrogen-bond donors (Lipinski definition) is 0. The highest BCUT2D eigenvalue weighted by molar-refractivity contribution is 7.89. The molecule has 2 aromatic rings. The van der Waals surface area contributed by atoms with Crippen molar-refractivity contribution in [2.75, 3.05) is 20.1 Å². The van der Waals surface area contributed by atoms with Gasteiger partial charge in [-0.15, -0.1) is 0 Å². The van der Waals surface area contributed by atoms with E-state index in [1.165, 1.54) is 10.4 Å². The second-order valence-corrected chi connectivity index (χ2v) is 11.0. The maximum atomic E-state index is 13.7. The van der Waals surface area contributed by atoms with Crippen LogP contribution < -0.4 is 4.74 Å². The SMILES string of the molecule is CN1CCCCN(S(=O)(=O)c2cccc(C(F)(F)F)c2)[C@@H]2CCCC[C@@H]2Oc2ccccc2C1=O. The Hall–Kier alpha value is -2.59. The quantitative estimate of drug-likeness (QED) is 0.573. The summed E-state index contributed by atoms with van der Waals surface area (Å²) in [6.07, 6.45) is -1.45. The number of hydrogen-bond acceptors (Lipinski definition) is 4. The number of sulfonamides is 1. The first-order valence-corrected chi connectivity index (χ1v) is 13.2. The number of carbonyl (C=O) groups excluding carboxylic acids is 1. The van der Waals surface area contributed by atoms with Crippen LogP contribution in [0.25, 0.3) is 0 Å². The van der Waals surface area contributed by atoms with Crippen molar-refractivity contribution in [2.24, 2.45) is 0 Å². The lowest BCUT2D eigenvalue weighted by Gasteiger charge is -2.39. The highest BCUT2D eigenvalue weighted by atomic mass is 32.2. The normalized spacial score (nSPS) is 22.9. The molecule has 0 unspecified atom stereocenters. The summed E-state index contributed by atoms with van der Waals surface area (Å²) in [4.78, 5) is 14.2. The Morgan fingerprint density at radius 3 is 2.43 bits per heavy atom. The molecular weight excluding hydrogens is 481 g/mol. The molecule has 0 aromatic heterocycles. The van der Waals surface area contributed by atoms with Crippen LogP contribution in [0.5, 0.6) is 5.75 Å². The molecule has 0 N–H and O–H groups in total. The Kier molecular flexibility index (Phi) is 7.42. The molecule has 1 fully saturated rings. The molecule has 1 aliphatic carbocycles. The van der Waals surface area contributed by atoms with Crippen LogP contribution in [-0.2, 0) is 16.2 Å². The lowest BCUT2D eigenvalue weighted by Crippen LogP contribution is -2.51. The van der Waals surface area contributed by atoms with Crippen molar-refractivity contribution in [1.29, 1.82) is 0 Å². The molecule has 10 heteroatoms. The third-order valence-corrected chi connectivity index (χ3v) is 8.59. The van der Waals surface area contributed by atoms with Gasteiger partial charge in [-0.05, 0) is 62.4 Å². The van der Waals surface area contributed by atoms with Gasteiger partial charge in [0.1, 0.15) is 11.9 Å². The molecule has 6 nitrogen and oxygen atoms in total. The molecule has 4 rings (SSSR count). The van der Waals surface area contributed by atoms with Gasteiger partial charge in [0.05, 0.1) is 22.1 Å². The van der Waals surface area contributed by atoms with Crippen LogP contribution in [0, 0.1) is 0 Å². The van der Waals surface area contributed by atoms with Crippen LogP contribution >= 0.6 is 0 Å². The molecule has 2 aliphatic rings. The minimum absolute atomic E-state index is 0.132. The molecule has 2 aromatic carbocycles. The molecule has 0 saturated heterocycles. The molecule has 1 amide bonds. The zero-order valence-corrected chi connectivity index (χ0v) is 20.3. The fourth-order valence-electron chi connectivity index (χ4n) is 4.81. The van der Waals surface area contributed by atoms with Gasteiger partial charge in [-0.25, -0.2) is 8.42 Å². The first kappa shape index (κ1) is 25.5. The molecular formula is C25H29F3N2O4S. The van der Waals surface area contributed by atoms with Gasteiger partial charge in [0.2, 0.25) is 10.0 Å². The summed E-state index contributed by atoms with van der Waals surface area (Å²) in [6, 6.07) is 10.2. The van der Waals surface area contributed by atoms with Crippen molar-refractivity contribution in [3.05, 3.63) is 59.7 Å². The molecule has 35 heavy (non-hydrogen) atoms. The molecule has 1 heterocycles. The van der Waals surface area contributed by atoms with Gasteiger partial charge in [0.25, 0.3) is 5.91 Å². The molecule has 1 saturated carbocycles. The van der Waals surface area contributed by atoms with Gasteiger partial charge >= 0.3 is 6.18 Å². The van der Waals surface area contributed by atoms with Crippen molar-refractivity contribution in [2.45, 2.75) is 61.7 Å². The van der Waals surface area contributed by atoms with Crippen LogP contribution in [0.2, 0.25) is 0 Å². The van der Waals surface area contributed by atoms with E-state index in [0.717, 1.165) is 25.0 Å². The van der Waals surface area contributed by atoms with E-state index in [1.807, 2.05) is 0 Å². The number of alkyl halides is 3. The van der Waals surface area contributed by atoms with Gasteiger partial charge in [-0.1, -0.05) is 24.6 Å². The second kappa shape index (κ2) is 10.2. The van der Waals surface area contributed by atoms with Gasteiger partial charge in [0.15, 0.2) is 0 Å². The Bertz CT molecular complexity index is 1170. The molecule has 190 valence electrons. The Balaban J connectivity index is 1.75. The topological polar surface area (TPSA) is 66.9 Å². The number of para-hydroxylation sites is 1. The van der Waals surface area contributed by atoms with Gasteiger partial charge in [-0.2, -0.15) is 17.5 Å². The monoisotopic (exact) mass is 510 g/mol. The average molecular weight is 511 g/mol. The number of benzene rings is 2. The van der Waals surface area contributed by atoms with E-state index in [0.29, 0.717) is 49.6 Å². The predicted octanol–water partition coefficient (Wildman–Crippen LogP) is 4.95. The summed E-state index contributed by atoms with van der Waals surface area (Å²) in [5.74, 6) is 0.222. The van der Waals surface area contributed by atoms with Crippen molar-refractivity contribution in [3.63, 3.8) is 0 Å². The second-order valence-electron chi connectivity index (χ2n) is 9.08. The number of rotatable bonds is 2. The number of nitrogens with zero attached hydrogens (tertiary/aromatic N) is 2. The standard InChI is InChI=1S/C25H29F3N2O4S/c1-29-15-6-7-16-30(35(32,33)19-10-8-9-18(17-19)25(26,27)28)21-12-3-5-14-23(21)34-22-13-4-2-11-20(22)24(29)31/h2,4,8-11,13,17,21,23H,3,5-7,12,14-16H2,1H3/t21-,23+/m1/s1. The highest BCUT2D eigenvalue weighted by Gasteiger charge is 2.40. The highest BCUT2D eigenvalue weighted by Crippen LogP contribution is 2.35. The van der Waals surface area contributed by atoms with E-state index in [-0.39, 0.29) is 17.3 Å². The van der Waals surface area contributed by atoms with Crippen LogP contribution in [0.1, 0.15) is 54.4 Å². The maximum Gasteiger partial charge on any atom is 0.416 e. The van der Waals surface area contributed by atoms with Crippen molar-refractivity contribution in [1.82, 2.24) is 9.21 Å². The van der Waals surface area contributed by atoms with Crippen molar-refractivity contribution < 1.29 is 31.1 Å². The molecule has 1 aliphatic heterocycles. The summed E-state index contributed by atoms with van der Waals surface area (Å²) in [5.41, 5.74) is -0.592. The lowest BCUT2D eigenvalue weighted by molar-refractivity contribution is -0.137. The summed E-state index contributed by atoms with van der Waals surface area (Å²) in [5, 5.41) is 0. The van der Waals surface area contributed by atoms with Crippen LogP contribution in [0.15, 0.2) is 53.4 Å².